The molecule has 0 aliphatic rings. The molecule has 0 fully saturated rings. The molecule has 1 N–H and O–H groups in total. The summed E-state index contributed by atoms with van der Waals surface area (Å²) >= 11 is 1.55. The van der Waals surface area contributed by atoms with E-state index in [-0.39, 0.29) is 5.91 Å². The Kier molecular flexibility index (Phi) is 5.78. The van der Waals surface area contributed by atoms with Gasteiger partial charge in [-0.05, 0) is 31.0 Å². The second kappa shape index (κ2) is 7.80. The molecule has 0 bridgehead atoms. The number of thioether (sulfide) groups is 1. The highest BCUT2D eigenvalue weighted by molar-refractivity contribution is 7.99. The van der Waals surface area contributed by atoms with E-state index in [1.165, 1.54) is 0 Å². The lowest BCUT2D eigenvalue weighted by Crippen LogP contribution is -2.15. The van der Waals surface area contributed by atoms with Gasteiger partial charge in [-0.1, -0.05) is 32.0 Å². The third kappa shape index (κ3) is 4.57. The van der Waals surface area contributed by atoms with E-state index in [2.05, 4.69) is 30.2 Å². The second-order valence-electron chi connectivity index (χ2n) is 5.61. The fourth-order valence-electron chi connectivity index (χ4n) is 1.97. The first-order chi connectivity index (χ1) is 11.0. The average molecular weight is 325 g/mol. The number of aryl methyl sites for hydroxylation is 1. The molecule has 0 saturated carbocycles. The number of anilines is 1. The Morgan fingerprint density at radius 2 is 2.04 bits per heavy atom. The van der Waals surface area contributed by atoms with Crippen LogP contribution in [-0.4, -0.2) is 16.6 Å². The Balaban J connectivity index is 2.26. The summed E-state index contributed by atoms with van der Waals surface area (Å²) in [6.07, 6.45) is 0. The average Bonchev–Trinajstić information content (AvgIpc) is 2.53. The molecule has 1 aromatic carbocycles. The fourth-order valence-corrected chi connectivity index (χ4v) is 2.92. The Labute approximate surface area is 140 Å². The first-order valence-electron chi connectivity index (χ1n) is 7.42. The summed E-state index contributed by atoms with van der Waals surface area (Å²) in [4.78, 5) is 16.9. The lowest BCUT2D eigenvalue weighted by Gasteiger charge is -2.11. The molecular formula is C18H19N3OS. The summed E-state index contributed by atoms with van der Waals surface area (Å²) in [5.74, 6) is 1.14. The smallest absolute Gasteiger partial charge is 0.257 e. The SMILES string of the molecule is Cc1nc(SCC(C)C)c(C#N)cc1C(=O)Nc1ccccc1. The molecule has 2 rings (SSSR count). The van der Waals surface area contributed by atoms with Crippen LogP contribution >= 0.6 is 11.8 Å². The highest BCUT2D eigenvalue weighted by Crippen LogP contribution is 2.25. The molecule has 0 atom stereocenters. The number of nitrogens with zero attached hydrogens (tertiary/aromatic N) is 2. The van der Waals surface area contributed by atoms with Crippen LogP contribution in [0.1, 0.15) is 35.5 Å². The number of carbonyl (C=O) groups excluding carboxylic acids is 1. The summed E-state index contributed by atoms with van der Waals surface area (Å²) < 4.78 is 0. The van der Waals surface area contributed by atoms with Crippen molar-refractivity contribution >= 4 is 23.4 Å². The van der Waals surface area contributed by atoms with Gasteiger partial charge in [0.05, 0.1) is 16.8 Å². The normalized spacial score (nSPS) is 10.4. The maximum atomic E-state index is 12.4. The zero-order valence-corrected chi connectivity index (χ0v) is 14.3. The van der Waals surface area contributed by atoms with Crippen molar-refractivity contribution in [2.24, 2.45) is 5.92 Å². The molecular weight excluding hydrogens is 306 g/mol. The monoisotopic (exact) mass is 325 g/mol. The molecule has 0 saturated heterocycles. The molecule has 2 aromatic rings. The van der Waals surface area contributed by atoms with Crippen LogP contribution in [0.2, 0.25) is 0 Å². The molecule has 0 aliphatic heterocycles. The van der Waals surface area contributed by atoms with Crippen molar-refractivity contribution < 1.29 is 4.79 Å². The molecule has 118 valence electrons. The zero-order valence-electron chi connectivity index (χ0n) is 13.5. The van der Waals surface area contributed by atoms with Crippen molar-refractivity contribution in [3.8, 4) is 6.07 Å². The van der Waals surface area contributed by atoms with Crippen LogP contribution in [0, 0.1) is 24.2 Å². The number of aromatic nitrogens is 1. The van der Waals surface area contributed by atoms with Crippen LogP contribution < -0.4 is 5.32 Å². The molecule has 1 amide bonds. The Hall–Kier alpha value is -2.32. The minimum Gasteiger partial charge on any atom is -0.322 e. The van der Waals surface area contributed by atoms with E-state index >= 15 is 0 Å². The van der Waals surface area contributed by atoms with Gasteiger partial charge < -0.3 is 5.32 Å². The predicted molar refractivity (Wildman–Crippen MR) is 93.6 cm³/mol. The quantitative estimate of drug-likeness (QED) is 0.834. The second-order valence-corrected chi connectivity index (χ2v) is 6.62. The number of pyridine rings is 1. The number of carbonyl (C=O) groups is 1. The minimum absolute atomic E-state index is 0.252. The Morgan fingerprint density at radius 3 is 2.65 bits per heavy atom. The summed E-state index contributed by atoms with van der Waals surface area (Å²) in [6, 6.07) is 13.0. The van der Waals surface area contributed by atoms with Crippen molar-refractivity contribution in [2.75, 3.05) is 11.1 Å². The van der Waals surface area contributed by atoms with E-state index in [1.54, 1.807) is 24.8 Å². The van der Waals surface area contributed by atoms with Gasteiger partial charge in [-0.2, -0.15) is 5.26 Å². The van der Waals surface area contributed by atoms with E-state index in [9.17, 15) is 10.1 Å². The number of hydrogen-bond acceptors (Lipinski definition) is 4. The number of rotatable bonds is 5. The summed E-state index contributed by atoms with van der Waals surface area (Å²) in [6.45, 7) is 6.03. The van der Waals surface area contributed by atoms with Crippen LogP contribution in [0.3, 0.4) is 0 Å². The van der Waals surface area contributed by atoms with Gasteiger partial charge in [0, 0.05) is 11.4 Å². The summed E-state index contributed by atoms with van der Waals surface area (Å²) in [5, 5.41) is 12.9. The maximum Gasteiger partial charge on any atom is 0.257 e. The van der Waals surface area contributed by atoms with Gasteiger partial charge in [0.15, 0.2) is 0 Å². The van der Waals surface area contributed by atoms with Gasteiger partial charge in [-0.25, -0.2) is 4.98 Å². The number of amides is 1. The van der Waals surface area contributed by atoms with Crippen molar-refractivity contribution in [3.63, 3.8) is 0 Å². The molecule has 0 unspecified atom stereocenters. The van der Waals surface area contributed by atoms with Crippen LogP contribution in [-0.2, 0) is 0 Å². The van der Waals surface area contributed by atoms with E-state index in [4.69, 9.17) is 0 Å². The predicted octanol–water partition coefficient (Wildman–Crippen LogP) is 4.26. The van der Waals surface area contributed by atoms with Crippen LogP contribution in [0.4, 0.5) is 5.69 Å². The first-order valence-corrected chi connectivity index (χ1v) is 8.40. The molecule has 5 heteroatoms. The number of benzene rings is 1. The zero-order chi connectivity index (χ0) is 16.8. The third-order valence-electron chi connectivity index (χ3n) is 3.13. The highest BCUT2D eigenvalue weighted by atomic mass is 32.2. The highest BCUT2D eigenvalue weighted by Gasteiger charge is 2.15. The lowest BCUT2D eigenvalue weighted by molar-refractivity contribution is 0.102. The van der Waals surface area contributed by atoms with Crippen molar-refractivity contribution in [1.82, 2.24) is 4.98 Å². The first kappa shape index (κ1) is 17.0. The standard InChI is InChI=1S/C18H19N3OS/c1-12(2)11-23-18-14(10-19)9-16(13(3)20-18)17(22)21-15-7-5-4-6-8-15/h4-9,12H,11H2,1-3H3,(H,21,22). The Bertz CT molecular complexity index is 736. The van der Waals surface area contributed by atoms with Gasteiger partial charge in [0.1, 0.15) is 11.1 Å². The Morgan fingerprint density at radius 1 is 1.35 bits per heavy atom. The van der Waals surface area contributed by atoms with Crippen LogP contribution in [0.15, 0.2) is 41.4 Å². The minimum atomic E-state index is -0.252. The van der Waals surface area contributed by atoms with Gasteiger partial charge in [-0.15, -0.1) is 11.8 Å². The number of para-hydroxylation sites is 1. The van der Waals surface area contributed by atoms with Crippen LogP contribution in [0.25, 0.3) is 0 Å². The van der Waals surface area contributed by atoms with Crippen molar-refractivity contribution in [2.45, 2.75) is 25.8 Å². The van der Waals surface area contributed by atoms with Gasteiger partial charge in [0.25, 0.3) is 5.91 Å². The number of hydrogen-bond donors (Lipinski definition) is 1. The third-order valence-corrected chi connectivity index (χ3v) is 4.55. The maximum absolute atomic E-state index is 12.4. The largest absolute Gasteiger partial charge is 0.322 e. The van der Waals surface area contributed by atoms with Gasteiger partial charge in [0.2, 0.25) is 0 Å². The van der Waals surface area contributed by atoms with Gasteiger partial charge >= 0.3 is 0 Å². The molecule has 4 nitrogen and oxygen atoms in total. The molecule has 0 spiro atoms. The van der Waals surface area contributed by atoms with Crippen molar-refractivity contribution in [1.29, 1.82) is 5.26 Å². The van der Waals surface area contributed by atoms with E-state index in [0.29, 0.717) is 33.5 Å². The molecule has 0 aliphatic carbocycles. The van der Waals surface area contributed by atoms with Crippen molar-refractivity contribution in [3.05, 3.63) is 53.2 Å². The van der Waals surface area contributed by atoms with Gasteiger partial charge in [-0.3, -0.25) is 4.79 Å². The molecule has 0 radical (unpaired) electrons. The topological polar surface area (TPSA) is 65.8 Å². The summed E-state index contributed by atoms with van der Waals surface area (Å²) in [7, 11) is 0. The molecule has 1 aromatic heterocycles. The van der Waals surface area contributed by atoms with Crippen LogP contribution in [0.5, 0.6) is 0 Å². The number of nitrogens with one attached hydrogen (secondary N) is 1. The van der Waals surface area contributed by atoms with E-state index in [1.807, 2.05) is 30.3 Å². The lowest BCUT2D eigenvalue weighted by atomic mass is 10.1. The summed E-state index contributed by atoms with van der Waals surface area (Å²) in [5.41, 5.74) is 2.22. The molecule has 1 heterocycles. The van der Waals surface area contributed by atoms with E-state index < -0.39 is 0 Å². The van der Waals surface area contributed by atoms with E-state index in [0.717, 1.165) is 5.75 Å². The number of nitriles is 1. The fraction of sp³-hybridized carbons (Fsp3) is 0.278. The molecule has 23 heavy (non-hydrogen) atoms.